The van der Waals surface area contributed by atoms with Crippen LogP contribution in [0.3, 0.4) is 0 Å². The molecule has 3 aromatic rings. The first-order chi connectivity index (χ1) is 20.0. The molecule has 42 heavy (non-hydrogen) atoms. The average Bonchev–Trinajstić information content (AvgIpc) is 3.48. The number of aliphatic hydroxyl groups excluding tert-OH is 4. The Kier molecular flexibility index (Phi) is 9.00. The molecule has 0 aliphatic carbocycles. The quantitative estimate of drug-likeness (QED) is 0.245. The Morgan fingerprint density at radius 1 is 1.00 bits per heavy atom. The van der Waals surface area contributed by atoms with Gasteiger partial charge in [0.25, 0.3) is 10.0 Å². The van der Waals surface area contributed by atoms with E-state index in [0.29, 0.717) is 4.88 Å². The summed E-state index contributed by atoms with van der Waals surface area (Å²) in [5.41, 5.74) is 2.43. The van der Waals surface area contributed by atoms with E-state index in [2.05, 4.69) is 51.9 Å². The lowest BCUT2D eigenvalue weighted by molar-refractivity contribution is -0.279. The van der Waals surface area contributed by atoms with E-state index in [1.165, 1.54) is 17.0 Å². The zero-order chi connectivity index (χ0) is 30.2. The van der Waals surface area contributed by atoms with Gasteiger partial charge in [-0.25, -0.2) is 13.1 Å². The molecule has 2 saturated heterocycles. The van der Waals surface area contributed by atoms with Crippen molar-refractivity contribution < 1.29 is 33.6 Å². The fourth-order valence-corrected chi connectivity index (χ4v) is 7.40. The topological polar surface area (TPSA) is 167 Å². The molecule has 0 radical (unpaired) electrons. The van der Waals surface area contributed by atoms with Gasteiger partial charge in [0.1, 0.15) is 30.5 Å². The molecule has 2 aliphatic heterocycles. The van der Waals surface area contributed by atoms with Gasteiger partial charge in [0, 0.05) is 48.2 Å². The molecular formula is C29H34N4O7S2. The van der Waals surface area contributed by atoms with E-state index in [9.17, 15) is 34.1 Å². The molecule has 0 amide bonds. The van der Waals surface area contributed by atoms with Gasteiger partial charge >= 0.3 is 0 Å². The lowest BCUT2D eigenvalue weighted by Gasteiger charge is -2.38. The van der Waals surface area contributed by atoms with Crippen LogP contribution in [0.5, 0.6) is 0 Å². The maximum atomic E-state index is 13.0. The highest BCUT2D eigenvalue weighted by Gasteiger charge is 2.43. The molecule has 1 aromatic heterocycles. The first kappa shape index (κ1) is 30.6. The third-order valence-corrected chi connectivity index (χ3v) is 10.6. The van der Waals surface area contributed by atoms with Crippen molar-refractivity contribution in [2.24, 2.45) is 0 Å². The number of thiophene rings is 1. The Balaban J connectivity index is 1.32. The number of nitriles is 1. The lowest BCUT2D eigenvalue weighted by Crippen LogP contribution is -2.59. The van der Waals surface area contributed by atoms with E-state index < -0.39 is 52.2 Å². The predicted octanol–water partition coefficient (Wildman–Crippen LogP) is 1.29. The summed E-state index contributed by atoms with van der Waals surface area (Å²) >= 11 is 1.36. The molecule has 3 heterocycles. The summed E-state index contributed by atoms with van der Waals surface area (Å²) in [5, 5.41) is 51.3. The molecule has 11 nitrogen and oxygen atoms in total. The number of hydrogen-bond acceptors (Lipinski definition) is 11. The second kappa shape index (κ2) is 12.4. The molecule has 1 unspecified atom stereocenters. The number of hydrogen-bond donors (Lipinski definition) is 5. The van der Waals surface area contributed by atoms with E-state index in [0.717, 1.165) is 47.4 Å². The number of nitrogens with one attached hydrogen (secondary N) is 1. The summed E-state index contributed by atoms with van der Waals surface area (Å²) in [5.74, 6) is 0. The summed E-state index contributed by atoms with van der Waals surface area (Å²) in [7, 11) is -2.21. The largest absolute Gasteiger partial charge is 0.388 e. The molecule has 5 atom stereocenters. The van der Waals surface area contributed by atoms with Gasteiger partial charge in [-0.15, -0.1) is 11.3 Å². The van der Waals surface area contributed by atoms with Crippen molar-refractivity contribution in [2.45, 2.75) is 37.6 Å². The van der Waals surface area contributed by atoms with Crippen LogP contribution in [0.4, 0.5) is 5.69 Å². The van der Waals surface area contributed by atoms with Gasteiger partial charge in [-0.1, -0.05) is 18.2 Å². The molecule has 2 aliphatic rings. The van der Waals surface area contributed by atoms with Crippen LogP contribution in [0.1, 0.15) is 11.8 Å². The van der Waals surface area contributed by atoms with Crippen molar-refractivity contribution >= 4 is 43.4 Å². The molecule has 5 N–H and O–H groups in total. The number of anilines is 1. The molecular weight excluding hydrogens is 580 g/mol. The van der Waals surface area contributed by atoms with Crippen LogP contribution in [-0.2, 0) is 14.8 Å². The van der Waals surface area contributed by atoms with E-state index in [-0.39, 0.29) is 5.57 Å². The minimum absolute atomic E-state index is 0.250. The fraction of sp³-hybridized carbons (Fsp3) is 0.414. The van der Waals surface area contributed by atoms with Gasteiger partial charge in [-0.05, 0) is 66.2 Å². The molecule has 13 heteroatoms. The van der Waals surface area contributed by atoms with E-state index in [4.69, 9.17) is 4.74 Å². The lowest BCUT2D eigenvalue weighted by atomic mass is 9.99. The first-order valence-corrected chi connectivity index (χ1v) is 15.8. The Bertz CT molecular complexity index is 1630. The van der Waals surface area contributed by atoms with Gasteiger partial charge in [0.05, 0.1) is 0 Å². The van der Waals surface area contributed by atoms with Crippen LogP contribution in [0.2, 0.25) is 0 Å². The summed E-state index contributed by atoms with van der Waals surface area (Å²) < 4.78 is 33.3. The van der Waals surface area contributed by atoms with Gasteiger partial charge in [0.15, 0.2) is 11.2 Å². The van der Waals surface area contributed by atoms with Gasteiger partial charge in [-0.3, -0.25) is 0 Å². The molecule has 5 rings (SSSR count). The molecule has 0 spiro atoms. The van der Waals surface area contributed by atoms with Gasteiger partial charge < -0.3 is 35.0 Å². The van der Waals surface area contributed by atoms with Crippen molar-refractivity contribution in [3.05, 3.63) is 58.3 Å². The zero-order valence-corrected chi connectivity index (χ0v) is 24.8. The number of fused-ring (bicyclic) bond motifs is 1. The monoisotopic (exact) mass is 614 g/mol. The van der Waals surface area contributed by atoms with Crippen molar-refractivity contribution in [1.29, 1.82) is 5.26 Å². The normalized spacial score (nSPS) is 26.2. The van der Waals surface area contributed by atoms with Crippen molar-refractivity contribution in [3.63, 3.8) is 0 Å². The number of benzene rings is 2. The fourth-order valence-electron chi connectivity index (χ4n) is 5.16. The summed E-state index contributed by atoms with van der Waals surface area (Å²) in [6, 6.07) is 18.1. The summed E-state index contributed by atoms with van der Waals surface area (Å²) in [6.07, 6.45) is -8.26. The van der Waals surface area contributed by atoms with Crippen molar-refractivity contribution in [2.75, 3.05) is 44.7 Å². The molecule has 224 valence electrons. The highest BCUT2D eigenvalue weighted by Crippen LogP contribution is 2.36. The van der Waals surface area contributed by atoms with Crippen LogP contribution >= 0.6 is 11.3 Å². The number of ether oxygens (including phenoxy) is 1. The van der Waals surface area contributed by atoms with Gasteiger partial charge in [0.2, 0.25) is 0 Å². The standard InChI is InChI=1S/C29H34N4O7S2/c1-17(25(15-30)42(38,39)31-16-22-26(34)27(35)28(36)29(37)40-22)23-7-8-24(41-23)20-4-3-19-14-21(6-5-18(19)13-20)33-11-9-32(2)10-12-33/h3-8,13-14,22,26-29,31,34-37H,9-12,16H2,1-2H3/b25-17+/t22-,26-,27+,28-,29?/m1/s1. The first-order valence-electron chi connectivity index (χ1n) is 13.5. The summed E-state index contributed by atoms with van der Waals surface area (Å²) in [4.78, 5) is 5.73. The SMILES string of the molecule is C/C(=C(/C#N)S(=O)(=O)NC[C@H]1OC(O)[C@H](O)[C@@H](O)[C@@H]1O)c1ccc(-c2ccc3cc(N4CCN(C)CC4)ccc3c2)s1. The van der Waals surface area contributed by atoms with Crippen LogP contribution in [-0.4, -0.2) is 104 Å². The summed E-state index contributed by atoms with van der Waals surface area (Å²) in [6.45, 7) is 5.07. The Labute approximate surface area is 248 Å². The van der Waals surface area contributed by atoms with Crippen molar-refractivity contribution in [3.8, 4) is 16.5 Å². The number of allylic oxidation sites excluding steroid dienone is 2. The predicted molar refractivity (Wildman–Crippen MR) is 161 cm³/mol. The van der Waals surface area contributed by atoms with E-state index in [1.807, 2.05) is 12.1 Å². The Morgan fingerprint density at radius 3 is 2.40 bits per heavy atom. The highest BCUT2D eigenvalue weighted by molar-refractivity contribution is 7.93. The number of rotatable bonds is 7. The van der Waals surface area contributed by atoms with E-state index >= 15 is 0 Å². The number of nitrogens with zero attached hydrogens (tertiary/aromatic N) is 3. The molecule has 0 saturated carbocycles. The second-order valence-corrected chi connectivity index (χ2v) is 13.4. The molecule has 2 aromatic carbocycles. The smallest absolute Gasteiger partial charge is 0.251 e. The van der Waals surface area contributed by atoms with E-state index in [1.54, 1.807) is 19.1 Å². The zero-order valence-electron chi connectivity index (χ0n) is 23.2. The average molecular weight is 615 g/mol. The maximum Gasteiger partial charge on any atom is 0.251 e. The minimum atomic E-state index is -4.34. The Morgan fingerprint density at radius 2 is 1.69 bits per heavy atom. The molecule has 0 bridgehead atoms. The Hall–Kier alpha value is -2.90. The third-order valence-electron chi connectivity index (χ3n) is 7.82. The maximum absolute atomic E-state index is 13.0. The van der Waals surface area contributed by atoms with Crippen LogP contribution in [0.15, 0.2) is 53.4 Å². The minimum Gasteiger partial charge on any atom is -0.388 e. The van der Waals surface area contributed by atoms with Crippen LogP contribution in [0.25, 0.3) is 26.8 Å². The third kappa shape index (κ3) is 6.23. The highest BCUT2D eigenvalue weighted by atomic mass is 32.2. The number of sulfonamides is 1. The van der Waals surface area contributed by atoms with Crippen LogP contribution < -0.4 is 9.62 Å². The van der Waals surface area contributed by atoms with Crippen LogP contribution in [0, 0.1) is 11.3 Å². The molecule has 2 fully saturated rings. The van der Waals surface area contributed by atoms with Gasteiger partial charge in [-0.2, -0.15) is 5.26 Å². The number of aliphatic hydroxyl groups is 4. The van der Waals surface area contributed by atoms with Crippen molar-refractivity contribution in [1.82, 2.24) is 9.62 Å². The number of piperazine rings is 1. The second-order valence-electron chi connectivity index (χ2n) is 10.7. The number of likely N-dealkylation sites (N-methyl/N-ethyl adjacent to an activating group) is 1.